The van der Waals surface area contributed by atoms with Gasteiger partial charge >= 0.3 is 0 Å². The highest BCUT2D eigenvalue weighted by molar-refractivity contribution is 4.90. The Balaban J connectivity index is 1.76. The Morgan fingerprint density at radius 1 is 1.25 bits per heavy atom. The van der Waals surface area contributed by atoms with E-state index in [4.69, 9.17) is 5.73 Å². The minimum absolute atomic E-state index is 0.367. The van der Waals surface area contributed by atoms with Crippen molar-refractivity contribution in [3.8, 4) is 0 Å². The monoisotopic (exact) mass is 225 g/mol. The Bertz CT molecular complexity index is 217. The minimum Gasteiger partial charge on any atom is -0.328 e. The van der Waals surface area contributed by atoms with E-state index in [1.807, 2.05) is 0 Å². The molecule has 2 saturated heterocycles. The van der Waals surface area contributed by atoms with Crippen molar-refractivity contribution in [3.05, 3.63) is 0 Å². The third-order valence-corrected chi connectivity index (χ3v) is 4.37. The summed E-state index contributed by atoms with van der Waals surface area (Å²) in [5.74, 6) is 0. The van der Waals surface area contributed by atoms with Crippen LogP contribution in [0, 0.1) is 0 Å². The second-order valence-corrected chi connectivity index (χ2v) is 5.76. The third-order valence-electron chi connectivity index (χ3n) is 4.37. The summed E-state index contributed by atoms with van der Waals surface area (Å²) in [4.78, 5) is 5.27. The summed E-state index contributed by atoms with van der Waals surface area (Å²) in [5, 5.41) is 0. The maximum absolute atomic E-state index is 5.79. The van der Waals surface area contributed by atoms with Gasteiger partial charge in [0.1, 0.15) is 0 Å². The Labute approximate surface area is 100.0 Å². The van der Waals surface area contributed by atoms with Gasteiger partial charge in [-0.25, -0.2) is 0 Å². The van der Waals surface area contributed by atoms with Crippen molar-refractivity contribution in [1.82, 2.24) is 9.80 Å². The molecule has 2 aliphatic rings. The van der Waals surface area contributed by atoms with E-state index in [0.29, 0.717) is 6.04 Å². The molecule has 0 saturated carbocycles. The summed E-state index contributed by atoms with van der Waals surface area (Å²) < 4.78 is 0. The van der Waals surface area contributed by atoms with E-state index in [2.05, 4.69) is 23.8 Å². The second-order valence-electron chi connectivity index (χ2n) is 5.76. The molecule has 0 aromatic heterocycles. The molecule has 3 heteroatoms. The van der Waals surface area contributed by atoms with Crippen molar-refractivity contribution >= 4 is 0 Å². The van der Waals surface area contributed by atoms with Crippen molar-refractivity contribution in [2.24, 2.45) is 5.73 Å². The van der Waals surface area contributed by atoms with E-state index >= 15 is 0 Å². The fourth-order valence-electron chi connectivity index (χ4n) is 3.22. The van der Waals surface area contributed by atoms with Crippen LogP contribution in [0.3, 0.4) is 0 Å². The highest BCUT2D eigenvalue weighted by atomic mass is 15.3. The molecule has 2 fully saturated rings. The van der Waals surface area contributed by atoms with Gasteiger partial charge < -0.3 is 10.6 Å². The smallest absolute Gasteiger partial charge is 0.0223 e. The van der Waals surface area contributed by atoms with E-state index in [9.17, 15) is 0 Å². The number of likely N-dealkylation sites (N-methyl/N-ethyl adjacent to an activating group) is 1. The van der Waals surface area contributed by atoms with Gasteiger partial charge in [-0.1, -0.05) is 0 Å². The van der Waals surface area contributed by atoms with Crippen LogP contribution >= 0.6 is 0 Å². The van der Waals surface area contributed by atoms with Gasteiger partial charge in [-0.05, 0) is 59.2 Å². The first-order valence-electron chi connectivity index (χ1n) is 6.86. The Kier molecular flexibility index (Phi) is 4.22. The van der Waals surface area contributed by atoms with Gasteiger partial charge in [0.05, 0.1) is 0 Å². The zero-order valence-corrected chi connectivity index (χ0v) is 10.9. The number of fused-ring (bicyclic) bond motifs is 2. The van der Waals surface area contributed by atoms with Gasteiger partial charge in [0.25, 0.3) is 0 Å². The fourth-order valence-corrected chi connectivity index (χ4v) is 3.22. The first-order valence-corrected chi connectivity index (χ1v) is 6.86. The van der Waals surface area contributed by atoms with Gasteiger partial charge in [0, 0.05) is 24.7 Å². The molecule has 2 rings (SSSR count). The van der Waals surface area contributed by atoms with E-state index in [1.54, 1.807) is 0 Å². The third kappa shape index (κ3) is 2.96. The molecule has 2 aliphatic heterocycles. The number of nitrogens with zero attached hydrogens (tertiary/aromatic N) is 2. The summed E-state index contributed by atoms with van der Waals surface area (Å²) in [6, 6.07) is 2.05. The molecule has 0 radical (unpaired) electrons. The number of hydrogen-bond acceptors (Lipinski definition) is 3. The number of likely N-dealkylation sites (tertiary alicyclic amines) is 1. The average molecular weight is 225 g/mol. The van der Waals surface area contributed by atoms with Crippen LogP contribution in [-0.2, 0) is 0 Å². The van der Waals surface area contributed by atoms with Crippen LogP contribution in [0.1, 0.15) is 39.0 Å². The van der Waals surface area contributed by atoms with Crippen LogP contribution in [-0.4, -0.2) is 54.6 Å². The average Bonchev–Trinajstić information content (AvgIpc) is 2.45. The maximum atomic E-state index is 5.79. The molecule has 0 aromatic carbocycles. The molecule has 0 aliphatic carbocycles. The lowest BCUT2D eigenvalue weighted by molar-refractivity contribution is 0.216. The fraction of sp³-hybridized carbons (Fsp3) is 1.00. The molecule has 3 nitrogen and oxygen atoms in total. The molecule has 2 heterocycles. The molecule has 3 atom stereocenters. The predicted octanol–water partition coefficient (Wildman–Crippen LogP) is 1.28. The van der Waals surface area contributed by atoms with Crippen LogP contribution in [0.5, 0.6) is 0 Å². The predicted molar refractivity (Wildman–Crippen MR) is 68.5 cm³/mol. The molecule has 0 amide bonds. The van der Waals surface area contributed by atoms with Crippen molar-refractivity contribution in [2.45, 2.75) is 57.2 Å². The quantitative estimate of drug-likeness (QED) is 0.782. The van der Waals surface area contributed by atoms with Gasteiger partial charge in [-0.2, -0.15) is 0 Å². The van der Waals surface area contributed by atoms with Crippen LogP contribution in [0.15, 0.2) is 0 Å². The van der Waals surface area contributed by atoms with Crippen molar-refractivity contribution < 1.29 is 0 Å². The standard InChI is InChI=1S/C13H27N3/c1-11(14)4-3-8-16-9-7-12-5-6-13(10-16)15(12)2/h11-13H,3-10,14H2,1-2H3. The zero-order chi connectivity index (χ0) is 11.5. The van der Waals surface area contributed by atoms with E-state index in [1.165, 1.54) is 51.7 Å². The lowest BCUT2D eigenvalue weighted by atomic mass is 10.1. The van der Waals surface area contributed by atoms with Crippen LogP contribution in [0.25, 0.3) is 0 Å². The summed E-state index contributed by atoms with van der Waals surface area (Å²) in [6.07, 6.45) is 6.63. The number of nitrogens with two attached hydrogens (primary N) is 1. The zero-order valence-electron chi connectivity index (χ0n) is 10.9. The highest BCUT2D eigenvalue weighted by Crippen LogP contribution is 2.28. The van der Waals surface area contributed by atoms with E-state index in [0.717, 1.165) is 12.1 Å². The minimum atomic E-state index is 0.367. The summed E-state index contributed by atoms with van der Waals surface area (Å²) in [5.41, 5.74) is 5.79. The normalized spacial score (nSPS) is 33.9. The van der Waals surface area contributed by atoms with Crippen LogP contribution < -0.4 is 5.73 Å². The van der Waals surface area contributed by atoms with Crippen molar-refractivity contribution in [2.75, 3.05) is 26.7 Å². The van der Waals surface area contributed by atoms with Gasteiger partial charge in [0.2, 0.25) is 0 Å². The Morgan fingerprint density at radius 2 is 2.00 bits per heavy atom. The summed E-state index contributed by atoms with van der Waals surface area (Å²) >= 11 is 0. The number of rotatable bonds is 4. The molecule has 2 bridgehead atoms. The van der Waals surface area contributed by atoms with Gasteiger partial charge in [-0.15, -0.1) is 0 Å². The van der Waals surface area contributed by atoms with Gasteiger partial charge in [-0.3, -0.25) is 4.90 Å². The summed E-state index contributed by atoms with van der Waals surface area (Å²) in [7, 11) is 2.31. The van der Waals surface area contributed by atoms with Crippen LogP contribution in [0.2, 0.25) is 0 Å². The lowest BCUT2D eigenvalue weighted by Crippen LogP contribution is -2.37. The maximum Gasteiger partial charge on any atom is 0.0223 e. The largest absolute Gasteiger partial charge is 0.328 e. The SMILES string of the molecule is CC(N)CCCN1CCC2CCC(C1)N2C. The lowest BCUT2D eigenvalue weighted by Gasteiger charge is -2.25. The van der Waals surface area contributed by atoms with Crippen molar-refractivity contribution in [1.29, 1.82) is 0 Å². The first-order chi connectivity index (χ1) is 7.66. The Morgan fingerprint density at radius 3 is 2.75 bits per heavy atom. The summed E-state index contributed by atoms with van der Waals surface area (Å²) in [6.45, 7) is 5.94. The molecular formula is C13H27N3. The molecule has 0 spiro atoms. The molecule has 16 heavy (non-hydrogen) atoms. The van der Waals surface area contributed by atoms with Crippen LogP contribution in [0.4, 0.5) is 0 Å². The number of hydrogen-bond donors (Lipinski definition) is 1. The topological polar surface area (TPSA) is 32.5 Å². The van der Waals surface area contributed by atoms with E-state index in [-0.39, 0.29) is 0 Å². The van der Waals surface area contributed by atoms with Crippen molar-refractivity contribution in [3.63, 3.8) is 0 Å². The molecule has 3 unspecified atom stereocenters. The second kappa shape index (κ2) is 5.48. The first kappa shape index (κ1) is 12.3. The molecule has 0 aromatic rings. The highest BCUT2D eigenvalue weighted by Gasteiger charge is 2.34. The molecular weight excluding hydrogens is 198 g/mol. The molecule has 94 valence electrons. The molecule has 2 N–H and O–H groups in total. The van der Waals surface area contributed by atoms with Gasteiger partial charge in [0.15, 0.2) is 0 Å². The Hall–Kier alpha value is -0.120. The van der Waals surface area contributed by atoms with E-state index < -0.39 is 0 Å².